The van der Waals surface area contributed by atoms with Crippen LogP contribution in [0.5, 0.6) is 0 Å². The summed E-state index contributed by atoms with van der Waals surface area (Å²) in [5.41, 5.74) is 5.19. The summed E-state index contributed by atoms with van der Waals surface area (Å²) in [7, 11) is 1.66. The zero-order valence-electron chi connectivity index (χ0n) is 18.0. The molecule has 0 aliphatic carbocycles. The molecule has 6 heteroatoms. The fourth-order valence-electron chi connectivity index (χ4n) is 3.59. The fourth-order valence-corrected chi connectivity index (χ4v) is 4.50. The molecule has 0 aliphatic heterocycles. The molecular formula is C25H27N3O2S. The molecule has 0 saturated carbocycles. The molecular weight excluding hydrogens is 406 g/mol. The van der Waals surface area contributed by atoms with Crippen molar-refractivity contribution in [1.82, 2.24) is 14.3 Å². The Hall–Kier alpha value is -2.96. The number of carbonyl (C=O) groups excluding carboxylic acids is 1. The van der Waals surface area contributed by atoms with E-state index < -0.39 is 0 Å². The average molecular weight is 434 g/mol. The number of thiazole rings is 1. The van der Waals surface area contributed by atoms with Crippen molar-refractivity contribution >= 4 is 22.2 Å². The van der Waals surface area contributed by atoms with Gasteiger partial charge < -0.3 is 9.64 Å². The largest absolute Gasteiger partial charge is 0.383 e. The number of amides is 1. The van der Waals surface area contributed by atoms with Crippen LogP contribution in [-0.4, -0.2) is 47.0 Å². The van der Waals surface area contributed by atoms with Crippen molar-refractivity contribution in [3.05, 3.63) is 83.0 Å². The fraction of sp³-hybridized carbons (Fsp3) is 0.280. The maximum atomic E-state index is 13.1. The number of hydrogen-bond acceptors (Lipinski definition) is 4. The number of methoxy groups -OCH3 is 1. The van der Waals surface area contributed by atoms with Crippen molar-refractivity contribution in [3.63, 3.8) is 0 Å². The Morgan fingerprint density at radius 2 is 1.87 bits per heavy atom. The van der Waals surface area contributed by atoms with Gasteiger partial charge in [0.25, 0.3) is 5.91 Å². The molecule has 2 aromatic heterocycles. The van der Waals surface area contributed by atoms with Crippen molar-refractivity contribution in [2.24, 2.45) is 0 Å². The third-order valence-corrected chi connectivity index (χ3v) is 6.34. The minimum atomic E-state index is 0.0433. The van der Waals surface area contributed by atoms with Crippen LogP contribution in [0.3, 0.4) is 0 Å². The SMILES string of the molecule is CCc1ccc(C(=O)N(CCOC)CCc2csc3nc(-c4ccccc4)cn23)cc1. The smallest absolute Gasteiger partial charge is 0.253 e. The third kappa shape index (κ3) is 4.86. The van der Waals surface area contributed by atoms with Gasteiger partial charge in [-0.3, -0.25) is 9.20 Å². The highest BCUT2D eigenvalue weighted by molar-refractivity contribution is 7.15. The average Bonchev–Trinajstić information content (AvgIpc) is 3.41. The van der Waals surface area contributed by atoms with E-state index in [1.54, 1.807) is 18.4 Å². The molecule has 31 heavy (non-hydrogen) atoms. The number of nitrogens with zero attached hydrogens (tertiary/aromatic N) is 3. The van der Waals surface area contributed by atoms with Crippen LogP contribution in [0.1, 0.15) is 28.5 Å². The Morgan fingerprint density at radius 1 is 1.10 bits per heavy atom. The molecule has 0 saturated heterocycles. The standard InChI is InChI=1S/C25H27N3O2S/c1-3-19-9-11-21(12-10-19)24(29)27(15-16-30-2)14-13-22-18-31-25-26-23(17-28(22)25)20-7-5-4-6-8-20/h4-12,17-18H,3,13-16H2,1-2H3. The number of imidazole rings is 1. The van der Waals surface area contributed by atoms with Crippen molar-refractivity contribution in [1.29, 1.82) is 0 Å². The van der Waals surface area contributed by atoms with Crippen LogP contribution in [0.25, 0.3) is 16.2 Å². The molecule has 0 N–H and O–H groups in total. The number of aryl methyl sites for hydroxylation is 1. The van der Waals surface area contributed by atoms with E-state index in [2.05, 4.69) is 35.0 Å². The molecule has 0 fully saturated rings. The molecule has 160 valence electrons. The van der Waals surface area contributed by atoms with Crippen LogP contribution in [0.15, 0.2) is 66.2 Å². The van der Waals surface area contributed by atoms with E-state index in [0.717, 1.165) is 40.3 Å². The summed E-state index contributed by atoms with van der Waals surface area (Å²) in [6, 6.07) is 18.1. The van der Waals surface area contributed by atoms with E-state index in [0.29, 0.717) is 19.7 Å². The first kappa shape index (κ1) is 21.3. The Kier molecular flexibility index (Phi) is 6.79. The highest BCUT2D eigenvalue weighted by Gasteiger charge is 2.17. The van der Waals surface area contributed by atoms with Gasteiger partial charge in [-0.05, 0) is 24.1 Å². The van der Waals surface area contributed by atoms with Crippen LogP contribution < -0.4 is 0 Å². The van der Waals surface area contributed by atoms with Crippen LogP contribution in [0, 0.1) is 0 Å². The molecule has 0 aliphatic rings. The van der Waals surface area contributed by atoms with Gasteiger partial charge in [0.2, 0.25) is 0 Å². The number of aromatic nitrogens is 2. The van der Waals surface area contributed by atoms with Crippen molar-refractivity contribution < 1.29 is 9.53 Å². The molecule has 4 aromatic rings. The van der Waals surface area contributed by atoms with Crippen LogP contribution in [0.4, 0.5) is 0 Å². The van der Waals surface area contributed by atoms with Gasteiger partial charge >= 0.3 is 0 Å². The van der Waals surface area contributed by atoms with Gasteiger partial charge in [-0.15, -0.1) is 11.3 Å². The van der Waals surface area contributed by atoms with E-state index >= 15 is 0 Å². The van der Waals surface area contributed by atoms with E-state index in [1.165, 1.54) is 5.56 Å². The topological polar surface area (TPSA) is 46.8 Å². The van der Waals surface area contributed by atoms with Crippen LogP contribution in [0.2, 0.25) is 0 Å². The second kappa shape index (κ2) is 9.90. The number of ether oxygens (including phenoxy) is 1. The summed E-state index contributed by atoms with van der Waals surface area (Å²) in [5, 5.41) is 2.13. The van der Waals surface area contributed by atoms with Crippen molar-refractivity contribution in [3.8, 4) is 11.3 Å². The minimum Gasteiger partial charge on any atom is -0.383 e. The Labute approximate surface area is 186 Å². The number of fused-ring (bicyclic) bond motifs is 1. The zero-order chi connectivity index (χ0) is 21.6. The molecule has 5 nitrogen and oxygen atoms in total. The van der Waals surface area contributed by atoms with Crippen LogP contribution >= 0.6 is 11.3 Å². The molecule has 0 bridgehead atoms. The maximum Gasteiger partial charge on any atom is 0.253 e. The predicted molar refractivity (Wildman–Crippen MR) is 126 cm³/mol. The molecule has 4 rings (SSSR count). The summed E-state index contributed by atoms with van der Waals surface area (Å²) >= 11 is 1.63. The lowest BCUT2D eigenvalue weighted by Crippen LogP contribution is -2.35. The van der Waals surface area contributed by atoms with Gasteiger partial charge in [0, 0.05) is 55.0 Å². The van der Waals surface area contributed by atoms with Gasteiger partial charge in [-0.1, -0.05) is 49.4 Å². The van der Waals surface area contributed by atoms with Crippen molar-refractivity contribution in [2.45, 2.75) is 19.8 Å². The lowest BCUT2D eigenvalue weighted by atomic mass is 10.1. The molecule has 2 aromatic carbocycles. The van der Waals surface area contributed by atoms with Gasteiger partial charge in [-0.2, -0.15) is 0 Å². The van der Waals surface area contributed by atoms with Crippen LogP contribution in [-0.2, 0) is 17.6 Å². The van der Waals surface area contributed by atoms with E-state index in [4.69, 9.17) is 9.72 Å². The summed E-state index contributed by atoms with van der Waals surface area (Å²) in [6.07, 6.45) is 3.81. The Morgan fingerprint density at radius 3 is 2.58 bits per heavy atom. The van der Waals surface area contributed by atoms with Gasteiger partial charge in [0.05, 0.1) is 12.3 Å². The molecule has 1 amide bonds. The summed E-state index contributed by atoms with van der Waals surface area (Å²) in [6.45, 7) is 3.82. The highest BCUT2D eigenvalue weighted by atomic mass is 32.1. The first-order valence-electron chi connectivity index (χ1n) is 10.6. The second-order valence-electron chi connectivity index (χ2n) is 7.46. The third-order valence-electron chi connectivity index (χ3n) is 5.45. The molecule has 0 atom stereocenters. The quantitative estimate of drug-likeness (QED) is 0.375. The number of carbonyl (C=O) groups is 1. The summed E-state index contributed by atoms with van der Waals surface area (Å²) in [4.78, 5) is 20.7. The first-order chi connectivity index (χ1) is 15.2. The molecule has 2 heterocycles. The molecule has 0 radical (unpaired) electrons. The lowest BCUT2D eigenvalue weighted by Gasteiger charge is -2.22. The van der Waals surface area contributed by atoms with E-state index in [9.17, 15) is 4.79 Å². The van der Waals surface area contributed by atoms with E-state index in [-0.39, 0.29) is 5.91 Å². The first-order valence-corrected chi connectivity index (χ1v) is 11.5. The maximum absolute atomic E-state index is 13.1. The van der Waals surface area contributed by atoms with Gasteiger partial charge in [0.15, 0.2) is 4.96 Å². The predicted octanol–water partition coefficient (Wildman–Crippen LogP) is 4.96. The van der Waals surface area contributed by atoms with E-state index in [1.807, 2.05) is 47.4 Å². The Balaban J connectivity index is 1.50. The number of hydrogen-bond donors (Lipinski definition) is 0. The second-order valence-corrected chi connectivity index (χ2v) is 8.29. The monoisotopic (exact) mass is 433 g/mol. The van der Waals surface area contributed by atoms with Gasteiger partial charge in [-0.25, -0.2) is 4.98 Å². The number of benzene rings is 2. The minimum absolute atomic E-state index is 0.0433. The zero-order valence-corrected chi connectivity index (χ0v) is 18.8. The highest BCUT2D eigenvalue weighted by Crippen LogP contribution is 2.24. The Bertz CT molecular complexity index is 1130. The normalized spacial score (nSPS) is 11.2. The summed E-state index contributed by atoms with van der Waals surface area (Å²) in [5.74, 6) is 0.0433. The lowest BCUT2D eigenvalue weighted by molar-refractivity contribution is 0.0697. The van der Waals surface area contributed by atoms with Gasteiger partial charge in [0.1, 0.15) is 0 Å². The van der Waals surface area contributed by atoms with Crippen molar-refractivity contribution in [2.75, 3.05) is 26.8 Å². The molecule has 0 spiro atoms. The molecule has 0 unspecified atom stereocenters. The number of rotatable bonds is 9. The summed E-state index contributed by atoms with van der Waals surface area (Å²) < 4.78 is 7.39.